The maximum atomic E-state index is 10.9. The standard InChI is InChI=1S/C11H15NO3/c1-7(2)4-8-5-9(11(13)14)10(15-3)12-6-8/h5-7H,4H2,1-3H3,(H,13,14). The molecule has 0 saturated carbocycles. The van der Waals surface area contributed by atoms with Crippen molar-refractivity contribution in [2.24, 2.45) is 5.92 Å². The smallest absolute Gasteiger partial charge is 0.341 e. The third-order valence-corrected chi connectivity index (χ3v) is 1.98. The van der Waals surface area contributed by atoms with Gasteiger partial charge in [0.2, 0.25) is 5.88 Å². The van der Waals surface area contributed by atoms with Crippen molar-refractivity contribution >= 4 is 5.97 Å². The zero-order chi connectivity index (χ0) is 11.4. The topological polar surface area (TPSA) is 59.4 Å². The summed E-state index contributed by atoms with van der Waals surface area (Å²) in [5.74, 6) is -0.373. The Morgan fingerprint density at radius 2 is 2.27 bits per heavy atom. The van der Waals surface area contributed by atoms with Gasteiger partial charge in [-0.05, 0) is 24.0 Å². The van der Waals surface area contributed by atoms with Crippen LogP contribution >= 0.6 is 0 Å². The van der Waals surface area contributed by atoms with Crippen molar-refractivity contribution in [1.29, 1.82) is 0 Å². The number of hydrogen-bond acceptors (Lipinski definition) is 3. The van der Waals surface area contributed by atoms with Crippen LogP contribution in [0.3, 0.4) is 0 Å². The summed E-state index contributed by atoms with van der Waals surface area (Å²) < 4.78 is 4.87. The van der Waals surface area contributed by atoms with Gasteiger partial charge < -0.3 is 9.84 Å². The third-order valence-electron chi connectivity index (χ3n) is 1.98. The van der Waals surface area contributed by atoms with E-state index >= 15 is 0 Å². The van der Waals surface area contributed by atoms with Crippen molar-refractivity contribution in [1.82, 2.24) is 4.98 Å². The number of rotatable bonds is 4. The third kappa shape index (κ3) is 2.94. The van der Waals surface area contributed by atoms with Gasteiger partial charge >= 0.3 is 5.97 Å². The average molecular weight is 209 g/mol. The summed E-state index contributed by atoms with van der Waals surface area (Å²) in [6, 6.07) is 1.62. The maximum Gasteiger partial charge on any atom is 0.341 e. The van der Waals surface area contributed by atoms with E-state index in [1.54, 1.807) is 12.3 Å². The van der Waals surface area contributed by atoms with Gasteiger partial charge in [0.25, 0.3) is 0 Å². The second-order valence-corrected chi connectivity index (χ2v) is 3.80. The minimum Gasteiger partial charge on any atom is -0.480 e. The largest absolute Gasteiger partial charge is 0.480 e. The molecular weight excluding hydrogens is 194 g/mol. The molecule has 0 bridgehead atoms. The summed E-state index contributed by atoms with van der Waals surface area (Å²) in [5.41, 5.74) is 1.04. The summed E-state index contributed by atoms with van der Waals surface area (Å²) >= 11 is 0. The molecule has 1 aromatic heterocycles. The molecule has 0 saturated heterocycles. The van der Waals surface area contributed by atoms with E-state index in [4.69, 9.17) is 9.84 Å². The van der Waals surface area contributed by atoms with Crippen LogP contribution in [0.4, 0.5) is 0 Å². The minimum atomic E-state index is -1.01. The number of carboxylic acids is 1. The van der Waals surface area contributed by atoms with Crippen LogP contribution in [0.2, 0.25) is 0 Å². The highest BCUT2D eigenvalue weighted by Gasteiger charge is 2.13. The zero-order valence-electron chi connectivity index (χ0n) is 9.15. The predicted octanol–water partition coefficient (Wildman–Crippen LogP) is 1.99. The van der Waals surface area contributed by atoms with Gasteiger partial charge in [0.05, 0.1) is 7.11 Å². The molecule has 4 heteroatoms. The summed E-state index contributed by atoms with van der Waals surface area (Å²) in [4.78, 5) is 14.9. The molecule has 0 fully saturated rings. The van der Waals surface area contributed by atoms with E-state index in [1.807, 2.05) is 0 Å². The van der Waals surface area contributed by atoms with Crippen LogP contribution in [0, 0.1) is 5.92 Å². The van der Waals surface area contributed by atoms with E-state index < -0.39 is 5.97 Å². The molecule has 0 amide bonds. The highest BCUT2D eigenvalue weighted by Crippen LogP contribution is 2.18. The van der Waals surface area contributed by atoms with Crippen LogP contribution in [-0.4, -0.2) is 23.2 Å². The Balaban J connectivity index is 3.05. The van der Waals surface area contributed by atoms with Crippen LogP contribution in [0.1, 0.15) is 29.8 Å². The number of pyridine rings is 1. The molecule has 0 radical (unpaired) electrons. The molecule has 82 valence electrons. The van der Waals surface area contributed by atoms with E-state index in [1.165, 1.54) is 7.11 Å². The SMILES string of the molecule is COc1ncc(CC(C)C)cc1C(=O)O. The first-order valence-corrected chi connectivity index (χ1v) is 4.80. The lowest BCUT2D eigenvalue weighted by atomic mass is 10.0. The lowest BCUT2D eigenvalue weighted by Gasteiger charge is -2.08. The molecule has 0 aliphatic rings. The monoisotopic (exact) mass is 209 g/mol. The van der Waals surface area contributed by atoms with Crippen molar-refractivity contribution in [3.05, 3.63) is 23.4 Å². The van der Waals surface area contributed by atoms with Crippen LogP contribution in [0.5, 0.6) is 5.88 Å². The molecule has 1 aromatic rings. The molecule has 4 nitrogen and oxygen atoms in total. The van der Waals surface area contributed by atoms with Gasteiger partial charge in [-0.1, -0.05) is 13.8 Å². The first-order chi connectivity index (χ1) is 7.04. The molecule has 0 aromatic carbocycles. The molecular formula is C11H15NO3. The number of hydrogen-bond donors (Lipinski definition) is 1. The van der Waals surface area contributed by atoms with Crippen molar-refractivity contribution in [3.8, 4) is 5.88 Å². The quantitative estimate of drug-likeness (QED) is 0.823. The van der Waals surface area contributed by atoms with Crippen LogP contribution in [-0.2, 0) is 6.42 Å². The van der Waals surface area contributed by atoms with Crippen LogP contribution in [0.25, 0.3) is 0 Å². The van der Waals surface area contributed by atoms with E-state index in [9.17, 15) is 4.79 Å². The van der Waals surface area contributed by atoms with Gasteiger partial charge in [-0.2, -0.15) is 0 Å². The molecule has 0 atom stereocenters. The van der Waals surface area contributed by atoms with E-state index in [-0.39, 0.29) is 11.4 Å². The average Bonchev–Trinajstić information content (AvgIpc) is 2.16. The molecule has 1 N–H and O–H groups in total. The minimum absolute atomic E-state index is 0.121. The van der Waals surface area contributed by atoms with Gasteiger partial charge in [0, 0.05) is 6.20 Å². The predicted molar refractivity (Wildman–Crippen MR) is 56.3 cm³/mol. The molecule has 1 heterocycles. The maximum absolute atomic E-state index is 10.9. The van der Waals surface area contributed by atoms with Gasteiger partial charge in [0.1, 0.15) is 5.56 Å². The Hall–Kier alpha value is -1.58. The molecule has 0 unspecified atom stereocenters. The summed E-state index contributed by atoms with van der Waals surface area (Å²) in [6.45, 7) is 4.15. The van der Waals surface area contributed by atoms with Crippen molar-refractivity contribution < 1.29 is 14.6 Å². The van der Waals surface area contributed by atoms with Crippen molar-refractivity contribution in [2.75, 3.05) is 7.11 Å². The first-order valence-electron chi connectivity index (χ1n) is 4.80. The number of carboxylic acid groups (broad SMARTS) is 1. The molecule has 1 rings (SSSR count). The molecule has 15 heavy (non-hydrogen) atoms. The number of methoxy groups -OCH3 is 1. The second kappa shape index (κ2) is 4.77. The summed E-state index contributed by atoms with van der Waals surface area (Å²) in [6.07, 6.45) is 2.47. The Morgan fingerprint density at radius 1 is 1.60 bits per heavy atom. The van der Waals surface area contributed by atoms with Crippen LogP contribution in [0.15, 0.2) is 12.3 Å². The summed E-state index contributed by atoms with van der Waals surface area (Å²) in [7, 11) is 1.41. The molecule has 0 aliphatic carbocycles. The number of carbonyl (C=O) groups is 1. The highest BCUT2D eigenvalue weighted by atomic mass is 16.5. The van der Waals surface area contributed by atoms with Crippen molar-refractivity contribution in [2.45, 2.75) is 20.3 Å². The Bertz CT molecular complexity index is 361. The lowest BCUT2D eigenvalue weighted by molar-refractivity contribution is 0.0692. The van der Waals surface area contributed by atoms with Gasteiger partial charge in [-0.15, -0.1) is 0 Å². The fourth-order valence-corrected chi connectivity index (χ4v) is 1.39. The Morgan fingerprint density at radius 3 is 2.73 bits per heavy atom. The number of ether oxygens (including phenoxy) is 1. The first kappa shape index (κ1) is 11.5. The van der Waals surface area contributed by atoms with Crippen molar-refractivity contribution in [3.63, 3.8) is 0 Å². The highest BCUT2D eigenvalue weighted by molar-refractivity contribution is 5.90. The van der Waals surface area contributed by atoms with Gasteiger partial charge in [-0.3, -0.25) is 0 Å². The van der Waals surface area contributed by atoms with Gasteiger partial charge in [0.15, 0.2) is 0 Å². The number of aromatic carboxylic acids is 1. The fourth-order valence-electron chi connectivity index (χ4n) is 1.39. The summed E-state index contributed by atoms with van der Waals surface area (Å²) in [5, 5.41) is 8.94. The molecule has 0 spiro atoms. The lowest BCUT2D eigenvalue weighted by Crippen LogP contribution is -2.05. The van der Waals surface area contributed by atoms with E-state index in [2.05, 4.69) is 18.8 Å². The fraction of sp³-hybridized carbons (Fsp3) is 0.455. The van der Waals surface area contributed by atoms with Gasteiger partial charge in [-0.25, -0.2) is 9.78 Å². The van der Waals surface area contributed by atoms with Crippen LogP contribution < -0.4 is 4.74 Å². The normalized spacial score (nSPS) is 10.4. The number of aromatic nitrogens is 1. The van der Waals surface area contributed by atoms with E-state index in [0.717, 1.165) is 12.0 Å². The Kier molecular flexibility index (Phi) is 3.66. The van der Waals surface area contributed by atoms with E-state index in [0.29, 0.717) is 5.92 Å². The molecule has 0 aliphatic heterocycles. The number of nitrogens with zero attached hydrogens (tertiary/aromatic N) is 1. The Labute approximate surface area is 88.9 Å². The zero-order valence-corrected chi connectivity index (χ0v) is 9.15. The second-order valence-electron chi connectivity index (χ2n) is 3.80.